The van der Waals surface area contributed by atoms with E-state index in [-0.39, 0.29) is 11.3 Å². The molecule has 0 spiro atoms. The minimum Gasteiger partial charge on any atom is -0.490 e. The molecule has 0 bridgehead atoms. The lowest BCUT2D eigenvalue weighted by molar-refractivity contribution is 0.0961. The van der Waals surface area contributed by atoms with Crippen molar-refractivity contribution in [2.24, 2.45) is 0 Å². The van der Waals surface area contributed by atoms with Crippen molar-refractivity contribution in [1.29, 1.82) is 0 Å². The van der Waals surface area contributed by atoms with Crippen molar-refractivity contribution in [3.05, 3.63) is 52.8 Å². The summed E-state index contributed by atoms with van der Waals surface area (Å²) in [6.07, 6.45) is 1.45. The number of hydrogen-bond acceptors (Lipinski definition) is 4. The number of carbonyl (C=O) groups is 1. The Bertz CT molecular complexity index is 864. The van der Waals surface area contributed by atoms with Crippen LogP contribution in [0.15, 0.2) is 18.2 Å². The van der Waals surface area contributed by atoms with E-state index >= 15 is 0 Å². The van der Waals surface area contributed by atoms with Gasteiger partial charge in [-0.15, -0.1) is 0 Å². The van der Waals surface area contributed by atoms with Gasteiger partial charge in [0.2, 0.25) is 5.82 Å². The highest BCUT2D eigenvalue weighted by Crippen LogP contribution is 2.29. The van der Waals surface area contributed by atoms with Crippen LogP contribution in [0.1, 0.15) is 37.0 Å². The van der Waals surface area contributed by atoms with Gasteiger partial charge in [0.15, 0.2) is 34.8 Å². The van der Waals surface area contributed by atoms with Gasteiger partial charge in [0, 0.05) is 5.56 Å². The van der Waals surface area contributed by atoms with Crippen molar-refractivity contribution in [2.45, 2.75) is 26.7 Å². The van der Waals surface area contributed by atoms with Crippen molar-refractivity contribution in [3.63, 3.8) is 0 Å². The molecule has 5 nitrogen and oxygen atoms in total. The van der Waals surface area contributed by atoms with E-state index in [0.717, 1.165) is 6.42 Å². The number of carbonyl (C=O) groups excluding carboxylic acids is 1. The first kappa shape index (κ1) is 22.3. The molecule has 0 saturated carbocycles. The third-order valence-corrected chi connectivity index (χ3v) is 3.64. The second kappa shape index (κ2) is 9.94. The molecule has 29 heavy (non-hydrogen) atoms. The number of ether oxygens (including phenoxy) is 2. The first-order chi connectivity index (χ1) is 13.8. The van der Waals surface area contributed by atoms with E-state index in [0.29, 0.717) is 25.4 Å². The summed E-state index contributed by atoms with van der Waals surface area (Å²) >= 11 is 0. The molecule has 0 unspecified atom stereocenters. The molecule has 158 valence electrons. The highest BCUT2D eigenvalue weighted by molar-refractivity contribution is 5.95. The molecule has 1 amide bonds. The molecule has 0 aromatic heterocycles. The minimum atomic E-state index is -2.29. The van der Waals surface area contributed by atoms with Crippen LogP contribution in [0.2, 0.25) is 0 Å². The Morgan fingerprint density at radius 1 is 0.828 bits per heavy atom. The molecule has 2 aromatic rings. The Hall–Kier alpha value is -3.04. The molecule has 0 aliphatic rings. The summed E-state index contributed by atoms with van der Waals surface area (Å²) in [6.45, 7) is 4.59. The lowest BCUT2D eigenvalue weighted by Crippen LogP contribution is -2.31. The van der Waals surface area contributed by atoms with Gasteiger partial charge in [-0.05, 0) is 31.0 Å². The van der Waals surface area contributed by atoms with Crippen molar-refractivity contribution in [1.82, 2.24) is 5.43 Å². The Balaban J connectivity index is 2.21. The molecule has 0 atom stereocenters. The quantitative estimate of drug-likeness (QED) is 0.268. The van der Waals surface area contributed by atoms with Crippen molar-refractivity contribution >= 4 is 11.6 Å². The maximum Gasteiger partial charge on any atom is 0.269 e. The third kappa shape index (κ3) is 5.07. The maximum absolute atomic E-state index is 13.7. The fourth-order valence-corrected chi connectivity index (χ4v) is 2.21. The van der Waals surface area contributed by atoms with Crippen molar-refractivity contribution in [2.75, 3.05) is 18.6 Å². The van der Waals surface area contributed by atoms with Crippen molar-refractivity contribution in [3.8, 4) is 11.5 Å². The standard InChI is InChI=1S/C19H19F5N2O3/c1-3-7-28-11-6-5-10(9-12(11)29-8-4-2)19(27)26-25-18-16(23)14(21)13(20)15(22)17(18)24/h5-6,9,25H,3-4,7-8H2,1-2H3,(H,26,27). The van der Waals surface area contributed by atoms with Gasteiger partial charge in [-0.3, -0.25) is 15.6 Å². The van der Waals surface area contributed by atoms with E-state index in [1.54, 1.807) is 5.43 Å². The van der Waals surface area contributed by atoms with E-state index in [9.17, 15) is 26.7 Å². The first-order valence-electron chi connectivity index (χ1n) is 8.79. The number of rotatable bonds is 9. The average molecular weight is 418 g/mol. The normalized spacial score (nSPS) is 10.6. The minimum absolute atomic E-state index is 0.0105. The third-order valence-electron chi connectivity index (χ3n) is 3.64. The zero-order chi connectivity index (χ0) is 21.6. The van der Waals surface area contributed by atoms with Crippen LogP contribution in [0, 0.1) is 29.1 Å². The number of halogens is 5. The molecule has 0 radical (unpaired) electrons. The molecule has 10 heteroatoms. The number of nitrogens with one attached hydrogen (secondary N) is 2. The Kier molecular flexibility index (Phi) is 7.63. The van der Waals surface area contributed by atoms with Crippen LogP contribution in [0.5, 0.6) is 11.5 Å². The molecule has 2 rings (SSSR count). The molecule has 0 aliphatic carbocycles. The zero-order valence-electron chi connectivity index (χ0n) is 15.7. The van der Waals surface area contributed by atoms with E-state index < -0.39 is 40.7 Å². The summed E-state index contributed by atoms with van der Waals surface area (Å²) in [5, 5.41) is 0. The molecular formula is C19H19F5N2O3. The number of amides is 1. The molecule has 0 saturated heterocycles. The molecular weight excluding hydrogens is 399 g/mol. The number of anilines is 1. The van der Waals surface area contributed by atoms with E-state index in [4.69, 9.17) is 9.47 Å². The van der Waals surface area contributed by atoms with Crippen LogP contribution in [0.3, 0.4) is 0 Å². The Morgan fingerprint density at radius 2 is 1.34 bits per heavy atom. The van der Waals surface area contributed by atoms with Gasteiger partial charge in [0.25, 0.3) is 5.91 Å². The molecule has 0 aliphatic heterocycles. The largest absolute Gasteiger partial charge is 0.490 e. The van der Waals surface area contributed by atoms with Gasteiger partial charge in [0.1, 0.15) is 5.69 Å². The summed E-state index contributed by atoms with van der Waals surface area (Å²) in [5.41, 5.74) is 2.26. The molecule has 2 aromatic carbocycles. The van der Waals surface area contributed by atoms with Gasteiger partial charge in [-0.25, -0.2) is 22.0 Å². The predicted octanol–water partition coefficient (Wildman–Crippen LogP) is 4.72. The molecule has 0 heterocycles. The molecule has 0 fully saturated rings. The number of hydrazine groups is 1. The van der Waals surface area contributed by atoms with E-state index in [1.165, 1.54) is 18.2 Å². The number of hydrogen-bond donors (Lipinski definition) is 2. The SMILES string of the molecule is CCCOc1ccc(C(=O)NNc2c(F)c(F)c(F)c(F)c2F)cc1OCCC. The summed E-state index contributed by atoms with van der Waals surface area (Å²) in [6, 6.07) is 4.18. The lowest BCUT2D eigenvalue weighted by atomic mass is 10.2. The summed E-state index contributed by atoms with van der Waals surface area (Å²) in [4.78, 5) is 12.3. The summed E-state index contributed by atoms with van der Waals surface area (Å²) in [7, 11) is 0. The van der Waals surface area contributed by atoms with Crippen LogP contribution >= 0.6 is 0 Å². The van der Waals surface area contributed by atoms with Crippen molar-refractivity contribution < 1.29 is 36.2 Å². The maximum atomic E-state index is 13.7. The van der Waals surface area contributed by atoms with E-state index in [2.05, 4.69) is 0 Å². The smallest absolute Gasteiger partial charge is 0.269 e. The highest BCUT2D eigenvalue weighted by atomic mass is 19.2. The van der Waals surface area contributed by atoms with Crippen LogP contribution in [-0.4, -0.2) is 19.1 Å². The van der Waals surface area contributed by atoms with Gasteiger partial charge in [-0.2, -0.15) is 0 Å². The van der Waals surface area contributed by atoms with Gasteiger partial charge in [-0.1, -0.05) is 13.8 Å². The highest BCUT2D eigenvalue weighted by Gasteiger charge is 2.26. The number of benzene rings is 2. The van der Waals surface area contributed by atoms with Crippen LogP contribution in [-0.2, 0) is 0 Å². The first-order valence-corrected chi connectivity index (χ1v) is 8.79. The lowest BCUT2D eigenvalue weighted by Gasteiger charge is -2.15. The topological polar surface area (TPSA) is 59.6 Å². The Morgan fingerprint density at radius 3 is 1.90 bits per heavy atom. The average Bonchev–Trinajstić information content (AvgIpc) is 2.73. The summed E-state index contributed by atoms with van der Waals surface area (Å²) < 4.78 is 77.9. The van der Waals surface area contributed by atoms with Crippen LogP contribution < -0.4 is 20.3 Å². The monoisotopic (exact) mass is 418 g/mol. The second-order valence-electron chi connectivity index (χ2n) is 5.88. The summed E-state index contributed by atoms with van der Waals surface area (Å²) in [5.74, 6) is -11.0. The van der Waals surface area contributed by atoms with Crippen LogP contribution in [0.4, 0.5) is 27.6 Å². The predicted molar refractivity (Wildman–Crippen MR) is 95.3 cm³/mol. The van der Waals surface area contributed by atoms with Gasteiger partial charge in [0.05, 0.1) is 13.2 Å². The molecule has 2 N–H and O–H groups in total. The fourth-order valence-electron chi connectivity index (χ4n) is 2.21. The van der Waals surface area contributed by atoms with Crippen LogP contribution in [0.25, 0.3) is 0 Å². The second-order valence-corrected chi connectivity index (χ2v) is 5.88. The van der Waals surface area contributed by atoms with E-state index in [1.807, 2.05) is 19.3 Å². The fraction of sp³-hybridized carbons (Fsp3) is 0.316. The van der Waals surface area contributed by atoms with Gasteiger partial charge < -0.3 is 9.47 Å². The zero-order valence-corrected chi connectivity index (χ0v) is 15.7. The van der Waals surface area contributed by atoms with Gasteiger partial charge >= 0.3 is 0 Å². The Labute approximate surface area is 163 Å².